The Morgan fingerprint density at radius 2 is 2.17 bits per heavy atom. The molecule has 0 aliphatic carbocycles. The van der Waals surface area contributed by atoms with Crippen LogP contribution in [0.2, 0.25) is 0 Å². The Labute approximate surface area is 108 Å². The lowest BCUT2D eigenvalue weighted by molar-refractivity contribution is 0.256. The van der Waals surface area contributed by atoms with E-state index in [1.165, 1.54) is 0 Å². The van der Waals surface area contributed by atoms with Crippen LogP contribution in [-0.4, -0.2) is 24.7 Å². The molecule has 0 amide bonds. The van der Waals surface area contributed by atoms with Crippen molar-refractivity contribution >= 4 is 10.9 Å². The molecule has 1 unspecified atom stereocenters. The van der Waals surface area contributed by atoms with Crippen molar-refractivity contribution in [2.24, 2.45) is 5.92 Å². The summed E-state index contributed by atoms with van der Waals surface area (Å²) in [4.78, 5) is 4.38. The highest BCUT2D eigenvalue weighted by Crippen LogP contribution is 2.18. The molecular formula is C15H20N2O. The number of nitrogens with one attached hydrogen (secondary N) is 1. The highest BCUT2D eigenvalue weighted by molar-refractivity contribution is 5.79. The lowest BCUT2D eigenvalue weighted by Gasteiger charge is -2.13. The van der Waals surface area contributed by atoms with E-state index in [2.05, 4.69) is 30.2 Å². The Hall–Kier alpha value is -1.61. The van der Waals surface area contributed by atoms with Crippen LogP contribution in [-0.2, 0) is 0 Å². The number of hydrogen-bond acceptors (Lipinski definition) is 3. The fourth-order valence-corrected chi connectivity index (χ4v) is 1.82. The number of aromatic nitrogens is 1. The maximum atomic E-state index is 5.77. The topological polar surface area (TPSA) is 34.1 Å². The molecule has 0 radical (unpaired) electrons. The summed E-state index contributed by atoms with van der Waals surface area (Å²) in [7, 11) is 0. The monoisotopic (exact) mass is 244 g/mol. The highest BCUT2D eigenvalue weighted by atomic mass is 16.5. The fourth-order valence-electron chi connectivity index (χ4n) is 1.82. The molecule has 2 aromatic rings. The number of benzene rings is 1. The van der Waals surface area contributed by atoms with Gasteiger partial charge in [0.1, 0.15) is 5.75 Å². The molecule has 0 bridgehead atoms. The van der Waals surface area contributed by atoms with Crippen molar-refractivity contribution in [2.45, 2.75) is 13.8 Å². The fraction of sp³-hybridized carbons (Fsp3) is 0.400. The summed E-state index contributed by atoms with van der Waals surface area (Å²) < 4.78 is 5.77. The van der Waals surface area contributed by atoms with Crippen LogP contribution >= 0.6 is 0 Å². The van der Waals surface area contributed by atoms with Gasteiger partial charge in [0.2, 0.25) is 0 Å². The molecule has 1 aromatic heterocycles. The van der Waals surface area contributed by atoms with Crippen LogP contribution in [0.5, 0.6) is 5.75 Å². The summed E-state index contributed by atoms with van der Waals surface area (Å²) in [5.41, 5.74) is 1.01. The molecule has 2 rings (SSSR count). The van der Waals surface area contributed by atoms with Gasteiger partial charge in [-0.05, 0) is 18.7 Å². The molecule has 0 fully saturated rings. The van der Waals surface area contributed by atoms with E-state index >= 15 is 0 Å². The van der Waals surface area contributed by atoms with Gasteiger partial charge in [0.05, 0.1) is 18.3 Å². The number of fused-ring (bicyclic) bond motifs is 1. The van der Waals surface area contributed by atoms with E-state index in [1.807, 2.05) is 24.3 Å². The molecule has 3 heteroatoms. The van der Waals surface area contributed by atoms with Crippen molar-refractivity contribution in [3.8, 4) is 5.75 Å². The zero-order valence-corrected chi connectivity index (χ0v) is 11.0. The summed E-state index contributed by atoms with van der Waals surface area (Å²) in [6.45, 7) is 6.99. The van der Waals surface area contributed by atoms with Crippen molar-refractivity contribution in [3.05, 3.63) is 36.5 Å². The van der Waals surface area contributed by atoms with E-state index in [4.69, 9.17) is 4.74 Å². The van der Waals surface area contributed by atoms with Crippen LogP contribution in [0, 0.1) is 5.92 Å². The third kappa shape index (κ3) is 3.44. The van der Waals surface area contributed by atoms with Crippen LogP contribution < -0.4 is 10.1 Å². The zero-order chi connectivity index (χ0) is 12.8. The van der Waals surface area contributed by atoms with Gasteiger partial charge in [-0.3, -0.25) is 4.98 Å². The Morgan fingerprint density at radius 1 is 1.33 bits per heavy atom. The normalized spacial score (nSPS) is 12.6. The second kappa shape index (κ2) is 6.36. The first-order chi connectivity index (χ1) is 8.79. The van der Waals surface area contributed by atoms with Crippen molar-refractivity contribution < 1.29 is 4.74 Å². The molecule has 1 aromatic carbocycles. The SMILES string of the molecule is CCNCC(C)COc1cnc2ccccc2c1. The van der Waals surface area contributed by atoms with Crippen molar-refractivity contribution in [1.82, 2.24) is 10.3 Å². The molecule has 1 heterocycles. The minimum Gasteiger partial charge on any atom is -0.492 e. The van der Waals surface area contributed by atoms with Crippen LogP contribution in [0.3, 0.4) is 0 Å². The molecule has 1 N–H and O–H groups in total. The third-order valence-electron chi connectivity index (χ3n) is 2.84. The number of nitrogens with zero attached hydrogens (tertiary/aromatic N) is 1. The summed E-state index contributed by atoms with van der Waals surface area (Å²) in [5.74, 6) is 1.34. The smallest absolute Gasteiger partial charge is 0.138 e. The van der Waals surface area contributed by atoms with Gasteiger partial charge in [-0.15, -0.1) is 0 Å². The first kappa shape index (κ1) is 12.8. The van der Waals surface area contributed by atoms with E-state index < -0.39 is 0 Å². The van der Waals surface area contributed by atoms with E-state index in [9.17, 15) is 0 Å². The summed E-state index contributed by atoms with van der Waals surface area (Å²) >= 11 is 0. The number of rotatable bonds is 6. The first-order valence-corrected chi connectivity index (χ1v) is 6.48. The minimum atomic E-state index is 0.497. The third-order valence-corrected chi connectivity index (χ3v) is 2.84. The van der Waals surface area contributed by atoms with Crippen LogP contribution in [0.25, 0.3) is 10.9 Å². The maximum Gasteiger partial charge on any atom is 0.138 e. The molecule has 0 aliphatic rings. The quantitative estimate of drug-likeness (QED) is 0.848. The molecule has 1 atom stereocenters. The summed E-state index contributed by atoms with van der Waals surface area (Å²) in [6, 6.07) is 10.1. The van der Waals surface area contributed by atoms with Gasteiger partial charge >= 0.3 is 0 Å². The van der Waals surface area contributed by atoms with Crippen molar-refractivity contribution in [1.29, 1.82) is 0 Å². The largest absolute Gasteiger partial charge is 0.492 e. The van der Waals surface area contributed by atoms with Gasteiger partial charge in [-0.1, -0.05) is 32.0 Å². The first-order valence-electron chi connectivity index (χ1n) is 6.48. The zero-order valence-electron chi connectivity index (χ0n) is 11.0. The second-order valence-electron chi connectivity index (χ2n) is 4.59. The Bertz CT molecular complexity index is 499. The highest BCUT2D eigenvalue weighted by Gasteiger charge is 2.03. The number of ether oxygens (including phenoxy) is 1. The lowest BCUT2D eigenvalue weighted by Crippen LogP contribution is -2.24. The molecule has 0 saturated carbocycles. The predicted octanol–water partition coefficient (Wildman–Crippen LogP) is 2.86. The van der Waals surface area contributed by atoms with Crippen molar-refractivity contribution in [2.75, 3.05) is 19.7 Å². The molecule has 0 aliphatic heterocycles. The minimum absolute atomic E-state index is 0.497. The lowest BCUT2D eigenvalue weighted by atomic mass is 10.2. The van der Waals surface area contributed by atoms with Crippen LogP contribution in [0.4, 0.5) is 0 Å². The average molecular weight is 244 g/mol. The van der Waals surface area contributed by atoms with Crippen molar-refractivity contribution in [3.63, 3.8) is 0 Å². The molecule has 3 nitrogen and oxygen atoms in total. The van der Waals surface area contributed by atoms with E-state index in [-0.39, 0.29) is 0 Å². The van der Waals surface area contributed by atoms with E-state index in [1.54, 1.807) is 6.20 Å². The predicted molar refractivity (Wildman–Crippen MR) is 74.9 cm³/mol. The van der Waals surface area contributed by atoms with Gasteiger partial charge in [-0.2, -0.15) is 0 Å². The maximum absolute atomic E-state index is 5.77. The molecule has 0 saturated heterocycles. The second-order valence-corrected chi connectivity index (χ2v) is 4.59. The number of pyridine rings is 1. The molecule has 18 heavy (non-hydrogen) atoms. The van der Waals surface area contributed by atoms with Gasteiger partial charge in [0.25, 0.3) is 0 Å². The molecular weight excluding hydrogens is 224 g/mol. The van der Waals surface area contributed by atoms with E-state index in [0.717, 1.165) is 29.7 Å². The van der Waals surface area contributed by atoms with Crippen LogP contribution in [0.1, 0.15) is 13.8 Å². The van der Waals surface area contributed by atoms with Gasteiger partial charge in [-0.25, -0.2) is 0 Å². The number of para-hydroxylation sites is 1. The van der Waals surface area contributed by atoms with E-state index in [0.29, 0.717) is 12.5 Å². The Kier molecular flexibility index (Phi) is 4.53. The van der Waals surface area contributed by atoms with Crippen LogP contribution in [0.15, 0.2) is 36.5 Å². The molecule has 0 spiro atoms. The average Bonchev–Trinajstić information content (AvgIpc) is 2.42. The van der Waals surface area contributed by atoms with Gasteiger partial charge in [0.15, 0.2) is 0 Å². The summed E-state index contributed by atoms with van der Waals surface area (Å²) in [6.07, 6.45) is 1.79. The molecule has 96 valence electrons. The van der Waals surface area contributed by atoms with Gasteiger partial charge < -0.3 is 10.1 Å². The Balaban J connectivity index is 1.95. The number of hydrogen-bond donors (Lipinski definition) is 1. The standard InChI is InChI=1S/C15H20N2O/c1-3-16-9-12(2)11-18-14-8-13-6-4-5-7-15(13)17-10-14/h4-8,10,12,16H,3,9,11H2,1-2H3. The van der Waals surface area contributed by atoms with Gasteiger partial charge in [0, 0.05) is 17.8 Å². The summed E-state index contributed by atoms with van der Waals surface area (Å²) in [5, 5.41) is 4.44. The Morgan fingerprint density at radius 3 is 3.00 bits per heavy atom.